The maximum Gasteiger partial charge on any atom is 0.273 e. The van der Waals surface area contributed by atoms with Crippen molar-refractivity contribution in [2.24, 2.45) is 0 Å². The number of carbonyl (C=O) groups is 3. The average molecular weight is 444 g/mol. The number of carbonyl (C=O) groups excluding carboxylic acids is 3. The Labute approximate surface area is 190 Å². The van der Waals surface area contributed by atoms with Crippen molar-refractivity contribution in [2.75, 3.05) is 6.54 Å². The smallest absolute Gasteiger partial charge is 0.273 e. The van der Waals surface area contributed by atoms with E-state index in [4.69, 9.17) is 0 Å². The third-order valence-electron chi connectivity index (χ3n) is 7.39. The van der Waals surface area contributed by atoms with Gasteiger partial charge < -0.3 is 15.5 Å². The molecule has 2 aliphatic carbocycles. The van der Waals surface area contributed by atoms with Crippen LogP contribution in [0.25, 0.3) is 0 Å². The maximum absolute atomic E-state index is 13.5. The molecule has 2 heterocycles. The molecular formula is C24H37N5O3. The van der Waals surface area contributed by atoms with Crippen LogP contribution in [0.5, 0.6) is 0 Å². The summed E-state index contributed by atoms with van der Waals surface area (Å²) in [4.78, 5) is 41.4. The molecule has 0 radical (unpaired) electrons. The number of rotatable bonds is 7. The quantitative estimate of drug-likeness (QED) is 0.677. The van der Waals surface area contributed by atoms with E-state index in [1.54, 1.807) is 15.6 Å². The predicted octanol–water partition coefficient (Wildman–Crippen LogP) is 3.02. The van der Waals surface area contributed by atoms with Crippen LogP contribution in [-0.4, -0.2) is 56.6 Å². The van der Waals surface area contributed by atoms with Crippen LogP contribution in [-0.2, 0) is 11.3 Å². The van der Waals surface area contributed by atoms with E-state index in [1.807, 2.05) is 6.92 Å². The van der Waals surface area contributed by atoms with E-state index in [-0.39, 0.29) is 42.0 Å². The third kappa shape index (κ3) is 4.55. The SMILES string of the molecule is CCCCN1C(=O)c2cc(C(=O)NC3CCCCC3)nn2C[C@]1(C)C(=O)NC1CCCC1. The minimum Gasteiger partial charge on any atom is -0.351 e. The number of fused-ring (bicyclic) bond motifs is 1. The van der Waals surface area contributed by atoms with Gasteiger partial charge in [0.2, 0.25) is 5.91 Å². The van der Waals surface area contributed by atoms with Gasteiger partial charge in [0.25, 0.3) is 11.8 Å². The molecule has 2 N–H and O–H groups in total. The zero-order valence-electron chi connectivity index (χ0n) is 19.5. The lowest BCUT2D eigenvalue weighted by Crippen LogP contribution is -2.65. The van der Waals surface area contributed by atoms with E-state index in [9.17, 15) is 14.4 Å². The molecule has 32 heavy (non-hydrogen) atoms. The Balaban J connectivity index is 1.56. The molecule has 4 rings (SSSR count). The van der Waals surface area contributed by atoms with E-state index in [0.29, 0.717) is 12.2 Å². The van der Waals surface area contributed by atoms with Crippen LogP contribution in [0.15, 0.2) is 6.07 Å². The second-order valence-electron chi connectivity index (χ2n) is 9.92. The van der Waals surface area contributed by atoms with Gasteiger partial charge in [0, 0.05) is 24.7 Å². The molecule has 3 aliphatic rings. The molecule has 0 spiro atoms. The number of nitrogens with one attached hydrogen (secondary N) is 2. The molecule has 2 saturated carbocycles. The Hall–Kier alpha value is -2.38. The van der Waals surface area contributed by atoms with Crippen LogP contribution in [0.4, 0.5) is 0 Å². The highest BCUT2D eigenvalue weighted by Crippen LogP contribution is 2.29. The Bertz CT molecular complexity index is 854. The van der Waals surface area contributed by atoms with Gasteiger partial charge in [-0.1, -0.05) is 45.4 Å². The fraction of sp³-hybridized carbons (Fsp3) is 0.750. The molecule has 1 aliphatic heterocycles. The van der Waals surface area contributed by atoms with Gasteiger partial charge in [-0.2, -0.15) is 5.10 Å². The number of amides is 3. The molecule has 2 fully saturated rings. The van der Waals surface area contributed by atoms with E-state index in [0.717, 1.165) is 64.2 Å². The summed E-state index contributed by atoms with van der Waals surface area (Å²) in [5, 5.41) is 10.7. The van der Waals surface area contributed by atoms with Gasteiger partial charge in [0.1, 0.15) is 11.2 Å². The first kappa shape index (κ1) is 22.8. The molecule has 1 atom stereocenters. The second kappa shape index (κ2) is 9.63. The van der Waals surface area contributed by atoms with E-state index in [2.05, 4.69) is 22.7 Å². The first-order chi connectivity index (χ1) is 15.4. The van der Waals surface area contributed by atoms with Crippen LogP contribution in [0.3, 0.4) is 0 Å². The topological polar surface area (TPSA) is 96.3 Å². The first-order valence-corrected chi connectivity index (χ1v) is 12.4. The number of unbranched alkanes of at least 4 members (excludes halogenated alkanes) is 1. The molecule has 1 aromatic heterocycles. The van der Waals surface area contributed by atoms with Gasteiger partial charge in [0.05, 0.1) is 6.54 Å². The number of hydrogen-bond acceptors (Lipinski definition) is 4. The van der Waals surface area contributed by atoms with Crippen molar-refractivity contribution in [1.29, 1.82) is 0 Å². The standard InChI is InChI=1S/C24H37N5O3/c1-3-4-14-28-22(31)20-15-19(21(30)25-17-10-6-5-7-11-17)27-29(20)16-24(28,2)23(32)26-18-12-8-9-13-18/h15,17-18H,3-14,16H2,1-2H3,(H,25,30)(H,26,32)/t24-/m1/s1. The van der Waals surface area contributed by atoms with Crippen LogP contribution in [0, 0.1) is 0 Å². The van der Waals surface area contributed by atoms with Gasteiger partial charge in [-0.05, 0) is 39.0 Å². The Morgan fingerprint density at radius 1 is 1.06 bits per heavy atom. The maximum atomic E-state index is 13.5. The van der Waals surface area contributed by atoms with Crippen molar-refractivity contribution in [2.45, 2.75) is 109 Å². The molecule has 3 amide bonds. The van der Waals surface area contributed by atoms with Gasteiger partial charge >= 0.3 is 0 Å². The Morgan fingerprint density at radius 2 is 1.69 bits per heavy atom. The third-order valence-corrected chi connectivity index (χ3v) is 7.39. The molecule has 0 unspecified atom stereocenters. The lowest BCUT2D eigenvalue weighted by Gasteiger charge is -2.43. The van der Waals surface area contributed by atoms with Gasteiger partial charge in [-0.3, -0.25) is 19.1 Å². The monoisotopic (exact) mass is 443 g/mol. The Kier molecular flexibility index (Phi) is 6.86. The summed E-state index contributed by atoms with van der Waals surface area (Å²) in [6, 6.07) is 1.95. The zero-order chi connectivity index (χ0) is 22.7. The van der Waals surface area contributed by atoms with Crippen molar-refractivity contribution in [3.05, 3.63) is 17.5 Å². The van der Waals surface area contributed by atoms with Crippen LogP contribution in [0.2, 0.25) is 0 Å². The summed E-state index contributed by atoms with van der Waals surface area (Å²) in [6.45, 7) is 4.67. The van der Waals surface area contributed by atoms with Gasteiger partial charge in [-0.25, -0.2) is 0 Å². The van der Waals surface area contributed by atoms with E-state index < -0.39 is 5.54 Å². The summed E-state index contributed by atoms with van der Waals surface area (Å²) in [7, 11) is 0. The molecule has 0 saturated heterocycles. The predicted molar refractivity (Wildman–Crippen MR) is 121 cm³/mol. The normalized spacial score (nSPS) is 24.4. The van der Waals surface area contributed by atoms with Crippen LogP contribution in [0.1, 0.15) is 105 Å². The first-order valence-electron chi connectivity index (χ1n) is 12.4. The summed E-state index contributed by atoms with van der Waals surface area (Å²) < 4.78 is 1.56. The van der Waals surface area contributed by atoms with Crippen molar-refractivity contribution < 1.29 is 14.4 Å². The highest BCUT2D eigenvalue weighted by molar-refractivity contribution is 6.02. The number of nitrogens with zero attached hydrogens (tertiary/aromatic N) is 3. The number of hydrogen-bond donors (Lipinski definition) is 2. The largest absolute Gasteiger partial charge is 0.351 e. The molecule has 0 aromatic carbocycles. The molecule has 176 valence electrons. The minimum absolute atomic E-state index is 0.122. The minimum atomic E-state index is -1.02. The molecule has 8 heteroatoms. The Morgan fingerprint density at radius 3 is 2.34 bits per heavy atom. The zero-order valence-corrected chi connectivity index (χ0v) is 19.5. The van der Waals surface area contributed by atoms with E-state index in [1.165, 1.54) is 6.42 Å². The fourth-order valence-electron chi connectivity index (χ4n) is 5.34. The highest BCUT2D eigenvalue weighted by atomic mass is 16.2. The van der Waals surface area contributed by atoms with Crippen molar-refractivity contribution >= 4 is 17.7 Å². The van der Waals surface area contributed by atoms with Crippen LogP contribution < -0.4 is 10.6 Å². The lowest BCUT2D eigenvalue weighted by atomic mass is 9.94. The second-order valence-corrected chi connectivity index (χ2v) is 9.92. The van der Waals surface area contributed by atoms with E-state index >= 15 is 0 Å². The summed E-state index contributed by atoms with van der Waals surface area (Å²) in [5.41, 5.74) is -0.374. The molecule has 8 nitrogen and oxygen atoms in total. The summed E-state index contributed by atoms with van der Waals surface area (Å²) >= 11 is 0. The van der Waals surface area contributed by atoms with Gasteiger partial charge in [0.15, 0.2) is 5.69 Å². The summed E-state index contributed by atoms with van der Waals surface area (Å²) in [6.07, 6.45) is 11.4. The van der Waals surface area contributed by atoms with Crippen LogP contribution >= 0.6 is 0 Å². The molecule has 1 aromatic rings. The van der Waals surface area contributed by atoms with Crippen molar-refractivity contribution in [3.8, 4) is 0 Å². The fourth-order valence-corrected chi connectivity index (χ4v) is 5.34. The summed E-state index contributed by atoms with van der Waals surface area (Å²) in [5.74, 6) is -0.579. The molecular weight excluding hydrogens is 406 g/mol. The van der Waals surface area contributed by atoms with Crippen molar-refractivity contribution in [3.63, 3.8) is 0 Å². The lowest BCUT2D eigenvalue weighted by molar-refractivity contribution is -0.133. The molecule has 0 bridgehead atoms. The van der Waals surface area contributed by atoms with Gasteiger partial charge in [-0.15, -0.1) is 0 Å². The van der Waals surface area contributed by atoms with Crippen molar-refractivity contribution in [1.82, 2.24) is 25.3 Å². The average Bonchev–Trinajstić information content (AvgIpc) is 3.44. The number of aromatic nitrogens is 2. The highest BCUT2D eigenvalue weighted by Gasteiger charge is 2.48.